The molecule has 0 amide bonds. The monoisotopic (exact) mass is 420 g/mol. The molecule has 1 atom stereocenters. The van der Waals surface area contributed by atoms with Crippen molar-refractivity contribution in [3.63, 3.8) is 0 Å². The molecule has 0 bridgehead atoms. The molecule has 1 unspecified atom stereocenters. The summed E-state index contributed by atoms with van der Waals surface area (Å²) >= 11 is 0. The summed E-state index contributed by atoms with van der Waals surface area (Å²) in [5.74, 6) is -0.128. The lowest BCUT2D eigenvalue weighted by molar-refractivity contribution is 0.276. The van der Waals surface area contributed by atoms with Crippen molar-refractivity contribution in [2.24, 2.45) is 0 Å². The molecular formula is C23H32FNO3P+. The van der Waals surface area contributed by atoms with E-state index in [-0.39, 0.29) is 12.4 Å². The molecular weight excluding hydrogens is 388 g/mol. The highest BCUT2D eigenvalue weighted by molar-refractivity contribution is 7.32. The van der Waals surface area contributed by atoms with Crippen molar-refractivity contribution in [2.75, 3.05) is 13.2 Å². The lowest BCUT2D eigenvalue weighted by Crippen LogP contribution is -2.17. The van der Waals surface area contributed by atoms with Crippen LogP contribution in [0.1, 0.15) is 54.4 Å². The van der Waals surface area contributed by atoms with E-state index >= 15 is 0 Å². The third kappa shape index (κ3) is 9.60. The Hall–Kier alpha value is -1.65. The van der Waals surface area contributed by atoms with Crippen LogP contribution >= 0.6 is 8.25 Å². The first-order valence-corrected chi connectivity index (χ1v) is 11.5. The Bertz CT molecular complexity index is 755. The van der Waals surface area contributed by atoms with E-state index in [4.69, 9.17) is 4.89 Å². The van der Waals surface area contributed by atoms with Gasteiger partial charge in [0.1, 0.15) is 12.4 Å². The van der Waals surface area contributed by atoms with E-state index in [1.54, 1.807) is 6.07 Å². The van der Waals surface area contributed by atoms with Crippen LogP contribution in [0.15, 0.2) is 42.5 Å². The van der Waals surface area contributed by atoms with Crippen LogP contribution in [-0.4, -0.2) is 18.0 Å². The van der Waals surface area contributed by atoms with Gasteiger partial charge >= 0.3 is 8.25 Å². The first kappa shape index (κ1) is 23.6. The largest absolute Gasteiger partial charge is 0.694 e. The van der Waals surface area contributed by atoms with E-state index in [0.717, 1.165) is 42.4 Å². The molecule has 0 fully saturated rings. The van der Waals surface area contributed by atoms with Gasteiger partial charge in [0.2, 0.25) is 0 Å². The second-order valence-electron chi connectivity index (χ2n) is 7.37. The van der Waals surface area contributed by atoms with Crippen molar-refractivity contribution in [2.45, 2.75) is 58.4 Å². The van der Waals surface area contributed by atoms with Gasteiger partial charge in [-0.1, -0.05) is 49.2 Å². The molecule has 158 valence electrons. The highest BCUT2D eigenvalue weighted by atomic mass is 31.1. The lowest BCUT2D eigenvalue weighted by atomic mass is 9.99. The Morgan fingerprint density at radius 3 is 2.45 bits per heavy atom. The normalized spacial score (nSPS) is 11.6. The second-order valence-corrected chi connectivity index (χ2v) is 8.11. The molecule has 2 aromatic rings. The first-order valence-electron chi connectivity index (χ1n) is 10.4. The molecule has 4 nitrogen and oxygen atoms in total. The Balaban J connectivity index is 1.65. The third-order valence-corrected chi connectivity index (χ3v) is 5.43. The molecule has 0 heterocycles. The average Bonchev–Trinajstić information content (AvgIpc) is 2.70. The molecule has 29 heavy (non-hydrogen) atoms. The van der Waals surface area contributed by atoms with Crippen molar-refractivity contribution < 1.29 is 18.4 Å². The maximum Gasteiger partial charge on any atom is 0.694 e. The number of hydrogen-bond donors (Lipinski definition) is 2. The van der Waals surface area contributed by atoms with Gasteiger partial charge in [-0.2, -0.15) is 0 Å². The number of nitrogens with one attached hydrogen (secondary N) is 1. The number of aryl methyl sites for hydroxylation is 3. The first-order chi connectivity index (χ1) is 14.1. The van der Waals surface area contributed by atoms with E-state index < -0.39 is 8.25 Å². The standard InChI is InChI=1S/C23H31FNO3P/c1-19-16-21(13-8-3-2-5-10-20-11-6-4-7-12-20)23(24)17-22(19)18-25-14-9-15-28-29(26)27/h4,6-7,11-12,16-17,25H,2-3,5,8-10,13-15,18H2,1H3/p+1. The topological polar surface area (TPSA) is 58.6 Å². The average molecular weight is 420 g/mol. The van der Waals surface area contributed by atoms with Crippen LogP contribution in [0.2, 0.25) is 0 Å². The summed E-state index contributed by atoms with van der Waals surface area (Å²) in [7, 11) is -2.53. The third-order valence-electron chi connectivity index (χ3n) is 5.02. The minimum absolute atomic E-state index is 0.128. The SMILES string of the molecule is Cc1cc(CCCCCCc2ccccc2)c(F)cc1CNCCCO[P+](=O)O. The fraction of sp³-hybridized carbons (Fsp3) is 0.478. The summed E-state index contributed by atoms with van der Waals surface area (Å²) in [6, 6.07) is 14.1. The van der Waals surface area contributed by atoms with Crippen molar-refractivity contribution in [1.82, 2.24) is 5.32 Å². The van der Waals surface area contributed by atoms with Gasteiger partial charge in [0.25, 0.3) is 0 Å². The summed E-state index contributed by atoms with van der Waals surface area (Å²) in [5, 5.41) is 3.22. The highest BCUT2D eigenvalue weighted by Crippen LogP contribution is 2.19. The summed E-state index contributed by atoms with van der Waals surface area (Å²) in [6.45, 7) is 3.47. The molecule has 2 rings (SSSR count). The summed E-state index contributed by atoms with van der Waals surface area (Å²) in [5.41, 5.74) is 4.22. The molecule has 0 saturated carbocycles. The Kier molecular flexibility index (Phi) is 11.0. The molecule has 2 aromatic carbocycles. The van der Waals surface area contributed by atoms with Crippen molar-refractivity contribution in [3.05, 3.63) is 70.5 Å². The number of benzene rings is 2. The zero-order chi connectivity index (χ0) is 20.9. The van der Waals surface area contributed by atoms with E-state index in [1.165, 1.54) is 18.4 Å². The van der Waals surface area contributed by atoms with Crippen LogP contribution in [0.4, 0.5) is 4.39 Å². The van der Waals surface area contributed by atoms with Gasteiger partial charge in [0.15, 0.2) is 0 Å². The molecule has 2 N–H and O–H groups in total. The van der Waals surface area contributed by atoms with E-state index in [0.29, 0.717) is 19.5 Å². The summed E-state index contributed by atoms with van der Waals surface area (Å²) < 4.78 is 29.5. The second kappa shape index (κ2) is 13.6. The Morgan fingerprint density at radius 1 is 1.00 bits per heavy atom. The minimum Gasteiger partial charge on any atom is -0.313 e. The van der Waals surface area contributed by atoms with Crippen LogP contribution in [-0.2, 0) is 28.5 Å². The smallest absolute Gasteiger partial charge is 0.313 e. The predicted molar refractivity (Wildman–Crippen MR) is 116 cm³/mol. The van der Waals surface area contributed by atoms with Crippen molar-refractivity contribution in [3.8, 4) is 0 Å². The number of rotatable bonds is 14. The molecule has 0 radical (unpaired) electrons. The summed E-state index contributed by atoms with van der Waals surface area (Å²) in [6.07, 6.45) is 7.00. The van der Waals surface area contributed by atoms with Gasteiger partial charge < -0.3 is 5.32 Å². The molecule has 0 aliphatic rings. The molecule has 0 saturated heterocycles. The minimum atomic E-state index is -2.53. The zero-order valence-corrected chi connectivity index (χ0v) is 18.1. The van der Waals surface area contributed by atoms with Crippen LogP contribution in [0.25, 0.3) is 0 Å². The van der Waals surface area contributed by atoms with Gasteiger partial charge in [-0.05, 0) is 73.9 Å². The predicted octanol–water partition coefficient (Wildman–Crippen LogP) is 5.63. The fourth-order valence-corrected chi connectivity index (χ4v) is 3.66. The quantitative estimate of drug-likeness (QED) is 0.307. The zero-order valence-electron chi connectivity index (χ0n) is 17.2. The van der Waals surface area contributed by atoms with Gasteiger partial charge in [-0.25, -0.2) is 4.39 Å². The van der Waals surface area contributed by atoms with Gasteiger partial charge in [0, 0.05) is 11.1 Å². The fourth-order valence-electron chi connectivity index (χ4n) is 3.37. The Labute approximate surface area is 174 Å². The van der Waals surface area contributed by atoms with E-state index in [2.05, 4.69) is 34.1 Å². The molecule has 0 aliphatic heterocycles. The van der Waals surface area contributed by atoms with Gasteiger partial charge in [0.05, 0.1) is 0 Å². The number of halogens is 1. The number of unbranched alkanes of at least 4 members (excludes halogenated alkanes) is 3. The van der Waals surface area contributed by atoms with Crippen LogP contribution in [0, 0.1) is 12.7 Å². The maximum absolute atomic E-state index is 14.4. The molecule has 0 spiro atoms. The van der Waals surface area contributed by atoms with Crippen molar-refractivity contribution in [1.29, 1.82) is 0 Å². The van der Waals surface area contributed by atoms with Gasteiger partial charge in [-0.15, -0.1) is 9.42 Å². The van der Waals surface area contributed by atoms with Gasteiger partial charge in [-0.3, -0.25) is 0 Å². The molecule has 6 heteroatoms. The van der Waals surface area contributed by atoms with E-state index in [1.807, 2.05) is 19.1 Å². The lowest BCUT2D eigenvalue weighted by Gasteiger charge is -2.11. The molecule has 0 aliphatic carbocycles. The number of hydrogen-bond acceptors (Lipinski definition) is 3. The maximum atomic E-state index is 14.4. The molecule has 0 aromatic heterocycles. The highest BCUT2D eigenvalue weighted by Gasteiger charge is 2.10. The van der Waals surface area contributed by atoms with Crippen LogP contribution < -0.4 is 5.32 Å². The van der Waals surface area contributed by atoms with E-state index in [9.17, 15) is 8.96 Å². The summed E-state index contributed by atoms with van der Waals surface area (Å²) in [4.78, 5) is 8.56. The van der Waals surface area contributed by atoms with Crippen LogP contribution in [0.3, 0.4) is 0 Å². The Morgan fingerprint density at radius 2 is 1.72 bits per heavy atom. The van der Waals surface area contributed by atoms with Crippen molar-refractivity contribution >= 4 is 8.25 Å². The van der Waals surface area contributed by atoms with Crippen LogP contribution in [0.5, 0.6) is 0 Å².